The molecule has 0 fully saturated rings. The zero-order valence-corrected chi connectivity index (χ0v) is 26.6. The molecule has 226 valence electrons. The summed E-state index contributed by atoms with van der Waals surface area (Å²) in [7, 11) is 1.58. The van der Waals surface area contributed by atoms with E-state index in [1.807, 2.05) is 84.9 Å². The van der Waals surface area contributed by atoms with Crippen LogP contribution in [0.1, 0.15) is 29.7 Å². The molecular weight excluding hydrogens is 629 g/mol. The largest absolute Gasteiger partial charge is 0.497 e. The molecule has 0 aliphatic carbocycles. The second kappa shape index (κ2) is 13.2. The van der Waals surface area contributed by atoms with Gasteiger partial charge < -0.3 is 14.8 Å². The molecule has 1 aliphatic heterocycles. The van der Waals surface area contributed by atoms with E-state index in [1.54, 1.807) is 36.8 Å². The number of nitrogens with zero attached hydrogens (tertiary/aromatic N) is 2. The van der Waals surface area contributed by atoms with Gasteiger partial charge in [0.15, 0.2) is 4.80 Å². The summed E-state index contributed by atoms with van der Waals surface area (Å²) in [6, 6.07) is 28.5. The Labute approximate surface area is 273 Å². The molecular formula is C35H27Cl2N3O4S. The summed E-state index contributed by atoms with van der Waals surface area (Å²) >= 11 is 13.7. The fourth-order valence-corrected chi connectivity index (χ4v) is 6.63. The normalized spacial score (nSPS) is 14.5. The molecule has 7 nitrogen and oxygen atoms in total. The van der Waals surface area contributed by atoms with Crippen LogP contribution in [0, 0.1) is 0 Å². The van der Waals surface area contributed by atoms with Crippen molar-refractivity contribution in [2.75, 3.05) is 12.4 Å². The van der Waals surface area contributed by atoms with Crippen LogP contribution in [0.15, 0.2) is 118 Å². The molecule has 2 heterocycles. The number of hydrogen-bond donors (Lipinski definition) is 1. The van der Waals surface area contributed by atoms with Crippen molar-refractivity contribution in [1.29, 1.82) is 0 Å². The molecule has 1 amide bonds. The summed E-state index contributed by atoms with van der Waals surface area (Å²) in [5, 5.41) is 4.02. The highest BCUT2D eigenvalue weighted by atomic mass is 35.5. The molecule has 0 radical (unpaired) electrons. The van der Waals surface area contributed by atoms with Crippen molar-refractivity contribution in [1.82, 2.24) is 4.57 Å². The summed E-state index contributed by atoms with van der Waals surface area (Å²) in [4.78, 5) is 33.2. The van der Waals surface area contributed by atoms with Crippen LogP contribution in [0.3, 0.4) is 0 Å². The van der Waals surface area contributed by atoms with Gasteiger partial charge in [0.2, 0.25) is 0 Å². The second-order valence-corrected chi connectivity index (χ2v) is 12.1. The van der Waals surface area contributed by atoms with Crippen molar-refractivity contribution < 1.29 is 14.3 Å². The maximum atomic E-state index is 14.2. The standard InChI is InChI=1S/C35H27Cl2N3O4S/c1-21-31(33(41)39-26-11-4-3-5-12-26)32(23-10-8-13-27(17-23)43-2)40-34(42)30(45-35(40)38-21)18-22-9-6-7-14-29(22)44-20-24-15-16-25(36)19-28(24)37/h3-19,32H,20H2,1-2H3,(H,39,41)/b30-18+/t32-/m0/s1. The van der Waals surface area contributed by atoms with Gasteiger partial charge in [-0.05, 0) is 61.0 Å². The van der Waals surface area contributed by atoms with Crippen molar-refractivity contribution in [3.05, 3.63) is 155 Å². The van der Waals surface area contributed by atoms with Gasteiger partial charge in [-0.3, -0.25) is 14.2 Å². The molecule has 5 aromatic rings. The highest BCUT2D eigenvalue weighted by Gasteiger charge is 2.32. The number of fused-ring (bicyclic) bond motifs is 1. The SMILES string of the molecule is COc1cccc([C@H]2C(C(=O)Nc3ccccc3)=C(C)N=c3s/c(=C/c4ccccc4OCc4ccc(Cl)cc4Cl)c(=O)n32)c1. The minimum Gasteiger partial charge on any atom is -0.497 e. The third-order valence-electron chi connectivity index (χ3n) is 7.31. The molecule has 1 aromatic heterocycles. The van der Waals surface area contributed by atoms with Crippen LogP contribution in [0.25, 0.3) is 6.08 Å². The predicted octanol–water partition coefficient (Wildman–Crippen LogP) is 6.77. The van der Waals surface area contributed by atoms with E-state index in [-0.39, 0.29) is 18.1 Å². The van der Waals surface area contributed by atoms with Crippen molar-refractivity contribution in [3.63, 3.8) is 0 Å². The number of thiazole rings is 1. The van der Waals surface area contributed by atoms with Crippen molar-refractivity contribution >= 4 is 52.2 Å². The first kappa shape index (κ1) is 30.4. The molecule has 6 rings (SSSR count). The Morgan fingerprint density at radius 1 is 1.00 bits per heavy atom. The van der Waals surface area contributed by atoms with Gasteiger partial charge in [0.25, 0.3) is 11.5 Å². The lowest BCUT2D eigenvalue weighted by atomic mass is 9.95. The van der Waals surface area contributed by atoms with Gasteiger partial charge in [0.1, 0.15) is 18.1 Å². The number of hydrogen-bond acceptors (Lipinski definition) is 6. The smallest absolute Gasteiger partial charge is 0.271 e. The maximum absolute atomic E-state index is 14.2. The number of anilines is 1. The molecule has 1 N–H and O–H groups in total. The van der Waals surface area contributed by atoms with Gasteiger partial charge in [-0.1, -0.05) is 89.1 Å². The number of benzene rings is 4. The number of methoxy groups -OCH3 is 1. The molecule has 0 saturated carbocycles. The molecule has 0 spiro atoms. The average molecular weight is 657 g/mol. The lowest BCUT2D eigenvalue weighted by Crippen LogP contribution is -2.40. The van der Waals surface area contributed by atoms with Gasteiger partial charge in [-0.2, -0.15) is 0 Å². The van der Waals surface area contributed by atoms with Gasteiger partial charge in [-0.15, -0.1) is 0 Å². The number of allylic oxidation sites excluding steroid dienone is 1. The van der Waals surface area contributed by atoms with E-state index in [0.29, 0.717) is 53.4 Å². The average Bonchev–Trinajstić information content (AvgIpc) is 3.34. The third-order valence-corrected chi connectivity index (χ3v) is 8.88. The molecule has 0 bridgehead atoms. The maximum Gasteiger partial charge on any atom is 0.271 e. The van der Waals surface area contributed by atoms with E-state index in [4.69, 9.17) is 37.7 Å². The first-order valence-corrected chi connectivity index (χ1v) is 15.6. The Morgan fingerprint density at radius 3 is 2.56 bits per heavy atom. The highest BCUT2D eigenvalue weighted by molar-refractivity contribution is 7.07. The van der Waals surface area contributed by atoms with Gasteiger partial charge in [0.05, 0.1) is 29.0 Å². The minimum atomic E-state index is -0.735. The van der Waals surface area contributed by atoms with E-state index in [1.165, 1.54) is 11.3 Å². The molecule has 0 saturated heterocycles. The summed E-state index contributed by atoms with van der Waals surface area (Å²) in [5.41, 5.74) is 3.47. The first-order valence-electron chi connectivity index (χ1n) is 14.0. The summed E-state index contributed by atoms with van der Waals surface area (Å²) in [6.45, 7) is 2.01. The van der Waals surface area contributed by atoms with E-state index in [9.17, 15) is 9.59 Å². The summed E-state index contributed by atoms with van der Waals surface area (Å²) in [6.07, 6.45) is 1.79. The number of rotatable bonds is 8. The third kappa shape index (κ3) is 6.44. The molecule has 1 aliphatic rings. The van der Waals surface area contributed by atoms with E-state index >= 15 is 0 Å². The quantitative estimate of drug-likeness (QED) is 0.200. The van der Waals surface area contributed by atoms with Gasteiger partial charge >= 0.3 is 0 Å². The van der Waals surface area contributed by atoms with E-state index in [2.05, 4.69) is 5.32 Å². The Balaban J connectivity index is 1.43. The summed E-state index contributed by atoms with van der Waals surface area (Å²) in [5.74, 6) is 0.848. The summed E-state index contributed by atoms with van der Waals surface area (Å²) < 4.78 is 13.6. The van der Waals surface area contributed by atoms with Crippen LogP contribution in [-0.4, -0.2) is 17.6 Å². The van der Waals surface area contributed by atoms with E-state index < -0.39 is 6.04 Å². The Hall–Kier alpha value is -4.63. The topological polar surface area (TPSA) is 81.9 Å². The number of ether oxygens (including phenoxy) is 2. The van der Waals surface area contributed by atoms with Crippen LogP contribution in [0.2, 0.25) is 10.0 Å². The van der Waals surface area contributed by atoms with Crippen molar-refractivity contribution in [3.8, 4) is 11.5 Å². The van der Waals surface area contributed by atoms with Crippen LogP contribution in [0.5, 0.6) is 11.5 Å². The molecule has 10 heteroatoms. The van der Waals surface area contributed by atoms with Crippen molar-refractivity contribution in [2.45, 2.75) is 19.6 Å². The van der Waals surface area contributed by atoms with Crippen LogP contribution in [0.4, 0.5) is 5.69 Å². The number of carbonyl (C=O) groups excluding carboxylic acids is 1. The minimum absolute atomic E-state index is 0.219. The zero-order valence-electron chi connectivity index (χ0n) is 24.3. The number of para-hydroxylation sites is 2. The van der Waals surface area contributed by atoms with Crippen LogP contribution >= 0.6 is 34.5 Å². The predicted molar refractivity (Wildman–Crippen MR) is 179 cm³/mol. The lowest BCUT2D eigenvalue weighted by Gasteiger charge is -2.25. The fraction of sp³-hybridized carbons (Fsp3) is 0.114. The Bertz CT molecular complexity index is 2120. The number of amides is 1. The lowest BCUT2D eigenvalue weighted by molar-refractivity contribution is -0.113. The monoisotopic (exact) mass is 655 g/mol. The second-order valence-electron chi connectivity index (χ2n) is 10.2. The van der Waals surface area contributed by atoms with Gasteiger partial charge in [-0.25, -0.2) is 4.99 Å². The van der Waals surface area contributed by atoms with Gasteiger partial charge in [0, 0.05) is 26.9 Å². The van der Waals surface area contributed by atoms with E-state index in [0.717, 1.165) is 11.1 Å². The molecule has 1 atom stereocenters. The number of nitrogens with one attached hydrogen (secondary N) is 1. The fourth-order valence-electron chi connectivity index (χ4n) is 5.13. The van der Waals surface area contributed by atoms with Crippen LogP contribution in [-0.2, 0) is 11.4 Å². The van der Waals surface area contributed by atoms with Crippen molar-refractivity contribution in [2.24, 2.45) is 4.99 Å². The number of carbonyl (C=O) groups is 1. The highest BCUT2D eigenvalue weighted by Crippen LogP contribution is 2.32. The van der Waals surface area contributed by atoms with Crippen LogP contribution < -0.4 is 29.7 Å². The Kier molecular flexibility index (Phi) is 8.89. The Morgan fingerprint density at radius 2 is 1.78 bits per heavy atom. The molecule has 4 aromatic carbocycles. The molecule has 45 heavy (non-hydrogen) atoms. The molecule has 0 unspecified atom stereocenters. The first-order chi connectivity index (χ1) is 21.8. The zero-order chi connectivity index (χ0) is 31.5. The number of aromatic nitrogens is 1. The number of halogens is 2.